The second-order valence-corrected chi connectivity index (χ2v) is 9.75. The lowest BCUT2D eigenvalue weighted by Gasteiger charge is -2.35. The lowest BCUT2D eigenvalue weighted by Crippen LogP contribution is -2.42. The summed E-state index contributed by atoms with van der Waals surface area (Å²) in [7, 11) is -1.70. The zero-order valence-corrected chi connectivity index (χ0v) is 10.7. The third-order valence-electron chi connectivity index (χ3n) is 2.79. The van der Waals surface area contributed by atoms with E-state index in [0.29, 0.717) is 13.0 Å². The van der Waals surface area contributed by atoms with Crippen LogP contribution in [0.1, 0.15) is 34.1 Å². The molecule has 13 heavy (non-hydrogen) atoms. The fourth-order valence-corrected chi connectivity index (χ4v) is 1.53. The van der Waals surface area contributed by atoms with Crippen molar-refractivity contribution >= 4 is 14.1 Å². The summed E-state index contributed by atoms with van der Waals surface area (Å²) in [5, 5.41) is 0.195. The molecule has 0 N–H and O–H groups in total. The molecule has 0 aliphatic carbocycles. The summed E-state index contributed by atoms with van der Waals surface area (Å²) in [6, 6.07) is 0. The lowest BCUT2D eigenvalue weighted by atomic mass is 10.2. The van der Waals surface area contributed by atoms with Gasteiger partial charge in [-0.3, -0.25) is 4.79 Å². The van der Waals surface area contributed by atoms with E-state index in [-0.39, 0.29) is 10.8 Å². The number of hydrogen-bond donors (Lipinski definition) is 0. The van der Waals surface area contributed by atoms with Crippen LogP contribution < -0.4 is 0 Å². The molecule has 2 nitrogen and oxygen atoms in total. The molecular formula is C10H22O2Si. The van der Waals surface area contributed by atoms with Gasteiger partial charge in [0.2, 0.25) is 0 Å². The summed E-state index contributed by atoms with van der Waals surface area (Å²) >= 11 is 0. The summed E-state index contributed by atoms with van der Waals surface area (Å²) in [5.41, 5.74) is 0. The van der Waals surface area contributed by atoms with Gasteiger partial charge in [-0.05, 0) is 18.1 Å². The van der Waals surface area contributed by atoms with Crippen LogP contribution >= 0.6 is 0 Å². The molecule has 0 rings (SSSR count). The molecule has 0 atom stereocenters. The first-order chi connectivity index (χ1) is 5.70. The van der Waals surface area contributed by atoms with Crippen LogP contribution in [0.4, 0.5) is 0 Å². The van der Waals surface area contributed by atoms with Gasteiger partial charge in [0.25, 0.3) is 0 Å². The molecule has 0 aliphatic heterocycles. The minimum Gasteiger partial charge on any atom is -0.410 e. The van der Waals surface area contributed by atoms with Crippen molar-refractivity contribution < 1.29 is 9.22 Å². The van der Waals surface area contributed by atoms with Crippen molar-refractivity contribution in [2.75, 3.05) is 6.61 Å². The lowest BCUT2D eigenvalue weighted by molar-refractivity contribution is -0.121. The minimum absolute atomic E-state index is 0.195. The van der Waals surface area contributed by atoms with Crippen LogP contribution in [-0.4, -0.2) is 20.7 Å². The molecule has 0 aromatic rings. The van der Waals surface area contributed by atoms with Crippen molar-refractivity contribution in [2.24, 2.45) is 0 Å². The van der Waals surface area contributed by atoms with Gasteiger partial charge in [0.15, 0.2) is 14.1 Å². The quantitative estimate of drug-likeness (QED) is 0.655. The normalized spacial score (nSPS) is 13.1. The van der Waals surface area contributed by atoms with Crippen molar-refractivity contribution in [2.45, 2.75) is 52.2 Å². The number of rotatable bonds is 4. The maximum Gasteiger partial charge on any atom is 0.192 e. The number of carbonyl (C=O) groups is 1. The average Bonchev–Trinajstić information content (AvgIpc) is 1.98. The Hall–Kier alpha value is -0.153. The van der Waals surface area contributed by atoms with E-state index in [1.54, 1.807) is 0 Å². The minimum atomic E-state index is -1.70. The molecule has 0 radical (unpaired) electrons. The maximum absolute atomic E-state index is 11.1. The second-order valence-electron chi connectivity index (χ2n) is 4.94. The zero-order chi connectivity index (χ0) is 10.7. The van der Waals surface area contributed by atoms with E-state index < -0.39 is 8.32 Å². The van der Waals surface area contributed by atoms with E-state index in [9.17, 15) is 4.79 Å². The molecule has 0 unspecified atom stereocenters. The fourth-order valence-electron chi connectivity index (χ4n) is 0.579. The molecule has 78 valence electrons. The molecule has 0 amide bonds. The van der Waals surface area contributed by atoms with Crippen LogP contribution in [0.25, 0.3) is 0 Å². The van der Waals surface area contributed by atoms with Crippen LogP contribution in [0, 0.1) is 0 Å². The molecule has 0 saturated heterocycles. The molecule has 0 saturated carbocycles. The van der Waals surface area contributed by atoms with Crippen LogP contribution in [0.2, 0.25) is 18.1 Å². The molecule has 0 aromatic heterocycles. The van der Waals surface area contributed by atoms with E-state index in [0.717, 1.165) is 0 Å². The molecule has 0 fully saturated rings. The predicted octanol–water partition coefficient (Wildman–Crippen LogP) is 2.99. The summed E-state index contributed by atoms with van der Waals surface area (Å²) in [6.45, 7) is 13.0. The number of ketones is 1. The SMILES string of the molecule is CCC(=O)CO[Si](C)(C)C(C)(C)C. The summed E-state index contributed by atoms with van der Waals surface area (Å²) < 4.78 is 5.74. The van der Waals surface area contributed by atoms with Gasteiger partial charge in [-0.2, -0.15) is 0 Å². The Morgan fingerprint density at radius 3 is 2.08 bits per heavy atom. The largest absolute Gasteiger partial charge is 0.410 e. The first-order valence-electron chi connectivity index (χ1n) is 4.86. The van der Waals surface area contributed by atoms with E-state index in [4.69, 9.17) is 4.43 Å². The highest BCUT2D eigenvalue weighted by Crippen LogP contribution is 2.36. The Labute approximate surface area is 82.8 Å². The smallest absolute Gasteiger partial charge is 0.192 e. The van der Waals surface area contributed by atoms with Gasteiger partial charge in [-0.1, -0.05) is 27.7 Å². The highest BCUT2D eigenvalue weighted by Gasteiger charge is 2.37. The monoisotopic (exact) mass is 202 g/mol. The van der Waals surface area contributed by atoms with E-state index in [1.165, 1.54) is 0 Å². The first kappa shape index (κ1) is 12.8. The van der Waals surface area contributed by atoms with Gasteiger partial charge in [-0.25, -0.2) is 0 Å². The number of Topliss-reactive ketones (excluding diaryl/α,β-unsaturated/α-hetero) is 1. The second kappa shape index (κ2) is 4.38. The third-order valence-corrected chi connectivity index (χ3v) is 7.27. The van der Waals surface area contributed by atoms with Crippen LogP contribution in [-0.2, 0) is 9.22 Å². The van der Waals surface area contributed by atoms with Crippen molar-refractivity contribution in [3.8, 4) is 0 Å². The molecule has 0 spiro atoms. The van der Waals surface area contributed by atoms with Gasteiger partial charge < -0.3 is 4.43 Å². The van der Waals surface area contributed by atoms with E-state index in [2.05, 4.69) is 33.9 Å². The van der Waals surface area contributed by atoms with Crippen LogP contribution in [0.5, 0.6) is 0 Å². The summed E-state index contributed by atoms with van der Waals surface area (Å²) in [5.74, 6) is 0.199. The van der Waals surface area contributed by atoms with Gasteiger partial charge >= 0.3 is 0 Å². The number of hydrogen-bond acceptors (Lipinski definition) is 2. The zero-order valence-electron chi connectivity index (χ0n) is 9.73. The number of carbonyl (C=O) groups excluding carboxylic acids is 1. The van der Waals surface area contributed by atoms with Crippen LogP contribution in [0.15, 0.2) is 0 Å². The summed E-state index contributed by atoms with van der Waals surface area (Å²) in [6.07, 6.45) is 0.578. The van der Waals surface area contributed by atoms with Gasteiger partial charge in [0.05, 0.1) is 6.61 Å². The molecule has 0 heterocycles. The highest BCUT2D eigenvalue weighted by molar-refractivity contribution is 6.74. The Kier molecular flexibility index (Phi) is 4.32. The third kappa shape index (κ3) is 4.05. The Morgan fingerprint density at radius 1 is 1.31 bits per heavy atom. The summed E-state index contributed by atoms with van der Waals surface area (Å²) in [4.78, 5) is 11.1. The van der Waals surface area contributed by atoms with Crippen LogP contribution in [0.3, 0.4) is 0 Å². The van der Waals surface area contributed by atoms with Gasteiger partial charge in [-0.15, -0.1) is 0 Å². The molecule has 0 aliphatic rings. The van der Waals surface area contributed by atoms with E-state index in [1.807, 2.05) is 6.92 Å². The fraction of sp³-hybridized carbons (Fsp3) is 0.900. The molecular weight excluding hydrogens is 180 g/mol. The highest BCUT2D eigenvalue weighted by atomic mass is 28.4. The maximum atomic E-state index is 11.1. The molecule has 0 aromatic carbocycles. The van der Waals surface area contributed by atoms with Gasteiger partial charge in [0, 0.05) is 6.42 Å². The first-order valence-corrected chi connectivity index (χ1v) is 7.77. The predicted molar refractivity (Wildman–Crippen MR) is 58.4 cm³/mol. The van der Waals surface area contributed by atoms with Crippen molar-refractivity contribution in [3.63, 3.8) is 0 Å². The van der Waals surface area contributed by atoms with Crippen molar-refractivity contribution in [3.05, 3.63) is 0 Å². The van der Waals surface area contributed by atoms with Gasteiger partial charge in [0.1, 0.15) is 0 Å². The van der Waals surface area contributed by atoms with E-state index >= 15 is 0 Å². The Balaban J connectivity index is 4.12. The Bertz CT molecular complexity index is 180. The topological polar surface area (TPSA) is 26.3 Å². The van der Waals surface area contributed by atoms with Crippen molar-refractivity contribution in [1.82, 2.24) is 0 Å². The average molecular weight is 202 g/mol. The molecule has 3 heteroatoms. The standard InChI is InChI=1S/C10H22O2Si/c1-7-9(11)8-12-13(5,6)10(2,3)4/h7-8H2,1-6H3. The molecule has 0 bridgehead atoms. The van der Waals surface area contributed by atoms with Crippen molar-refractivity contribution in [1.29, 1.82) is 0 Å². The Morgan fingerprint density at radius 2 is 1.77 bits per heavy atom.